The van der Waals surface area contributed by atoms with Crippen molar-refractivity contribution in [2.24, 2.45) is 0 Å². The molecule has 0 bridgehead atoms. The molecule has 1 heterocycles. The zero-order valence-corrected chi connectivity index (χ0v) is 9.53. The maximum absolute atomic E-state index is 12.2. The fourth-order valence-corrected chi connectivity index (χ4v) is 2.28. The molecule has 0 aromatic heterocycles. The average molecular weight is 222 g/mol. The van der Waals surface area contributed by atoms with Gasteiger partial charge in [0.2, 0.25) is 0 Å². The van der Waals surface area contributed by atoms with Crippen molar-refractivity contribution in [2.75, 3.05) is 32.9 Å². The van der Waals surface area contributed by atoms with Crippen molar-refractivity contribution in [3.05, 3.63) is 35.9 Å². The van der Waals surface area contributed by atoms with Gasteiger partial charge in [-0.2, -0.15) is 0 Å². The molecule has 1 N–H and O–H groups in total. The molecule has 0 amide bonds. The second kappa shape index (κ2) is 5.97. The lowest BCUT2D eigenvalue weighted by Gasteiger charge is -2.36. The van der Waals surface area contributed by atoms with Crippen LogP contribution in [-0.4, -0.2) is 37.8 Å². The molecule has 1 fully saturated rings. The van der Waals surface area contributed by atoms with Gasteiger partial charge in [-0.15, -0.1) is 0 Å². The lowest BCUT2D eigenvalue weighted by Crippen LogP contribution is -2.46. The standard InChI is InChI=1S/C13H19FN2/c14-7-4-9-16-10-8-15-11-13(16)12-5-2-1-3-6-12/h1-3,5-6,13,15H,4,7-11H2. The summed E-state index contributed by atoms with van der Waals surface area (Å²) in [6.07, 6.45) is 0.642. The number of nitrogens with one attached hydrogen (secondary N) is 1. The first-order chi connectivity index (χ1) is 7.92. The zero-order chi connectivity index (χ0) is 11.2. The molecule has 2 rings (SSSR count). The molecule has 1 aliphatic heterocycles. The highest BCUT2D eigenvalue weighted by molar-refractivity contribution is 5.20. The Hall–Kier alpha value is -0.930. The third kappa shape index (κ3) is 2.80. The van der Waals surface area contributed by atoms with Gasteiger partial charge in [0, 0.05) is 32.2 Å². The van der Waals surface area contributed by atoms with Crippen LogP contribution >= 0.6 is 0 Å². The average Bonchev–Trinajstić information content (AvgIpc) is 2.38. The minimum absolute atomic E-state index is 0.217. The van der Waals surface area contributed by atoms with Gasteiger partial charge < -0.3 is 5.32 Å². The Bertz CT molecular complexity index is 302. The predicted octanol–water partition coefficient (Wildman–Crippen LogP) is 1.99. The van der Waals surface area contributed by atoms with Gasteiger partial charge in [-0.05, 0) is 12.0 Å². The van der Waals surface area contributed by atoms with E-state index in [1.807, 2.05) is 6.07 Å². The number of alkyl halides is 1. The van der Waals surface area contributed by atoms with Crippen LogP contribution in [0.5, 0.6) is 0 Å². The zero-order valence-electron chi connectivity index (χ0n) is 9.53. The van der Waals surface area contributed by atoms with Gasteiger partial charge in [-0.25, -0.2) is 0 Å². The molecular formula is C13H19FN2. The normalized spacial score (nSPS) is 22.2. The molecule has 0 aliphatic carbocycles. The van der Waals surface area contributed by atoms with E-state index in [0.29, 0.717) is 12.5 Å². The number of nitrogens with zero attached hydrogens (tertiary/aromatic N) is 1. The number of hydrogen-bond acceptors (Lipinski definition) is 2. The van der Waals surface area contributed by atoms with Crippen LogP contribution in [0.4, 0.5) is 4.39 Å². The minimum Gasteiger partial charge on any atom is -0.314 e. The molecule has 0 saturated carbocycles. The summed E-state index contributed by atoms with van der Waals surface area (Å²) in [6.45, 7) is 3.63. The third-order valence-corrected chi connectivity index (χ3v) is 3.12. The number of hydrogen-bond donors (Lipinski definition) is 1. The fraction of sp³-hybridized carbons (Fsp3) is 0.538. The van der Waals surface area contributed by atoms with Crippen LogP contribution in [-0.2, 0) is 0 Å². The van der Waals surface area contributed by atoms with Crippen molar-refractivity contribution in [3.63, 3.8) is 0 Å². The van der Waals surface area contributed by atoms with E-state index in [9.17, 15) is 4.39 Å². The van der Waals surface area contributed by atoms with Crippen molar-refractivity contribution < 1.29 is 4.39 Å². The number of rotatable bonds is 4. The van der Waals surface area contributed by atoms with E-state index >= 15 is 0 Å². The van der Waals surface area contributed by atoms with E-state index in [1.54, 1.807) is 0 Å². The molecule has 88 valence electrons. The summed E-state index contributed by atoms with van der Waals surface area (Å²) in [6, 6.07) is 10.9. The first kappa shape index (κ1) is 11.6. The van der Waals surface area contributed by atoms with Crippen molar-refractivity contribution in [3.8, 4) is 0 Å². The van der Waals surface area contributed by atoms with Gasteiger partial charge in [0.25, 0.3) is 0 Å². The summed E-state index contributed by atoms with van der Waals surface area (Å²) in [4.78, 5) is 2.38. The smallest absolute Gasteiger partial charge is 0.0906 e. The minimum atomic E-state index is -0.217. The van der Waals surface area contributed by atoms with Gasteiger partial charge in [0.15, 0.2) is 0 Å². The lowest BCUT2D eigenvalue weighted by atomic mass is 10.0. The third-order valence-electron chi connectivity index (χ3n) is 3.12. The maximum atomic E-state index is 12.2. The van der Waals surface area contributed by atoms with Gasteiger partial charge in [-0.3, -0.25) is 9.29 Å². The van der Waals surface area contributed by atoms with Gasteiger partial charge in [0.05, 0.1) is 6.67 Å². The quantitative estimate of drug-likeness (QED) is 0.838. The first-order valence-electron chi connectivity index (χ1n) is 5.97. The van der Waals surface area contributed by atoms with Crippen LogP contribution < -0.4 is 5.32 Å². The Morgan fingerprint density at radius 2 is 2.12 bits per heavy atom. The summed E-state index contributed by atoms with van der Waals surface area (Å²) >= 11 is 0. The van der Waals surface area contributed by atoms with Crippen molar-refractivity contribution in [2.45, 2.75) is 12.5 Å². The van der Waals surface area contributed by atoms with Gasteiger partial charge >= 0.3 is 0 Å². The van der Waals surface area contributed by atoms with Crippen molar-refractivity contribution in [1.29, 1.82) is 0 Å². The van der Waals surface area contributed by atoms with Crippen LogP contribution in [0.25, 0.3) is 0 Å². The molecule has 1 aliphatic rings. The van der Waals surface area contributed by atoms with E-state index in [1.165, 1.54) is 5.56 Å². The largest absolute Gasteiger partial charge is 0.314 e. The van der Waals surface area contributed by atoms with Crippen molar-refractivity contribution >= 4 is 0 Å². The Morgan fingerprint density at radius 3 is 2.88 bits per heavy atom. The number of benzene rings is 1. The summed E-state index contributed by atoms with van der Waals surface area (Å²) in [5, 5.41) is 3.40. The van der Waals surface area contributed by atoms with Crippen LogP contribution in [0.1, 0.15) is 18.0 Å². The highest BCUT2D eigenvalue weighted by Crippen LogP contribution is 2.21. The van der Waals surface area contributed by atoms with E-state index < -0.39 is 0 Å². The van der Waals surface area contributed by atoms with Crippen molar-refractivity contribution in [1.82, 2.24) is 10.2 Å². The Morgan fingerprint density at radius 1 is 1.31 bits per heavy atom. The molecule has 1 aromatic rings. The van der Waals surface area contributed by atoms with Crippen LogP contribution in [0.3, 0.4) is 0 Å². The van der Waals surface area contributed by atoms with Gasteiger partial charge in [0.1, 0.15) is 0 Å². The highest BCUT2D eigenvalue weighted by atomic mass is 19.1. The van der Waals surface area contributed by atoms with E-state index in [-0.39, 0.29) is 6.67 Å². The summed E-state index contributed by atoms with van der Waals surface area (Å²) in [5.41, 5.74) is 1.33. The van der Waals surface area contributed by atoms with E-state index in [2.05, 4.69) is 34.5 Å². The second-order valence-electron chi connectivity index (χ2n) is 4.21. The Balaban J connectivity index is 2.04. The van der Waals surface area contributed by atoms with Crippen LogP contribution in [0.2, 0.25) is 0 Å². The molecule has 0 spiro atoms. The molecule has 16 heavy (non-hydrogen) atoms. The summed E-state index contributed by atoms with van der Waals surface area (Å²) in [5.74, 6) is 0. The molecule has 1 saturated heterocycles. The molecule has 1 atom stereocenters. The molecule has 3 heteroatoms. The van der Waals surface area contributed by atoms with E-state index in [0.717, 1.165) is 26.2 Å². The fourth-order valence-electron chi connectivity index (χ4n) is 2.28. The SMILES string of the molecule is FCCCN1CCNCC1c1ccccc1. The summed E-state index contributed by atoms with van der Waals surface area (Å²) in [7, 11) is 0. The summed E-state index contributed by atoms with van der Waals surface area (Å²) < 4.78 is 12.2. The highest BCUT2D eigenvalue weighted by Gasteiger charge is 2.22. The Kier molecular flexibility index (Phi) is 4.31. The molecule has 0 radical (unpaired) electrons. The monoisotopic (exact) mass is 222 g/mol. The van der Waals surface area contributed by atoms with Gasteiger partial charge in [-0.1, -0.05) is 30.3 Å². The number of halogens is 1. The van der Waals surface area contributed by atoms with Crippen LogP contribution in [0.15, 0.2) is 30.3 Å². The molecule has 1 unspecified atom stereocenters. The molecular weight excluding hydrogens is 203 g/mol. The topological polar surface area (TPSA) is 15.3 Å². The van der Waals surface area contributed by atoms with Crippen LogP contribution in [0, 0.1) is 0 Å². The number of piperazine rings is 1. The first-order valence-corrected chi connectivity index (χ1v) is 5.97. The second-order valence-corrected chi connectivity index (χ2v) is 4.21. The maximum Gasteiger partial charge on any atom is 0.0906 e. The predicted molar refractivity (Wildman–Crippen MR) is 64.2 cm³/mol. The van der Waals surface area contributed by atoms with E-state index in [4.69, 9.17) is 0 Å². The molecule has 1 aromatic carbocycles. The Labute approximate surface area is 96.5 Å². The lowest BCUT2D eigenvalue weighted by molar-refractivity contribution is 0.156. The molecule has 2 nitrogen and oxygen atoms in total.